The Kier molecular flexibility index (Phi) is 2.48. The van der Waals surface area contributed by atoms with Crippen molar-refractivity contribution in [2.75, 3.05) is 0 Å². The van der Waals surface area contributed by atoms with Crippen LogP contribution in [0.4, 0.5) is 0 Å². The summed E-state index contributed by atoms with van der Waals surface area (Å²) in [5.74, 6) is 5.53. The Morgan fingerprint density at radius 1 is 1.29 bits per heavy atom. The molecule has 1 heterocycles. The van der Waals surface area contributed by atoms with Crippen LogP contribution in [-0.4, -0.2) is 20.6 Å². The zero-order chi connectivity index (χ0) is 9.80. The molecule has 2 aromatic rings. The van der Waals surface area contributed by atoms with Gasteiger partial charge in [-0.25, -0.2) is 5.90 Å². The van der Waals surface area contributed by atoms with E-state index < -0.39 is 0 Å². The second kappa shape index (κ2) is 3.95. The standard InChI is InChI=1S/C8H9N5O/c9-14-5-6-1-3-7(4-2-6)8-10-12-13-11-8/h1-4H,5,9H2,(H,10,11,12,13). The van der Waals surface area contributed by atoms with Gasteiger partial charge in [-0.3, -0.25) is 4.84 Å². The van der Waals surface area contributed by atoms with Gasteiger partial charge >= 0.3 is 0 Å². The average molecular weight is 191 g/mol. The summed E-state index contributed by atoms with van der Waals surface area (Å²) in [4.78, 5) is 4.51. The molecule has 72 valence electrons. The van der Waals surface area contributed by atoms with Crippen LogP contribution in [0.25, 0.3) is 11.4 Å². The van der Waals surface area contributed by atoms with Crippen molar-refractivity contribution in [1.82, 2.24) is 20.6 Å². The van der Waals surface area contributed by atoms with E-state index in [2.05, 4.69) is 25.5 Å². The van der Waals surface area contributed by atoms with Gasteiger partial charge < -0.3 is 0 Å². The summed E-state index contributed by atoms with van der Waals surface area (Å²) in [5, 5.41) is 13.6. The molecule has 0 radical (unpaired) electrons. The van der Waals surface area contributed by atoms with Crippen molar-refractivity contribution < 1.29 is 4.84 Å². The molecule has 0 fully saturated rings. The second-order valence-electron chi connectivity index (χ2n) is 2.74. The van der Waals surface area contributed by atoms with E-state index in [0.717, 1.165) is 11.1 Å². The average Bonchev–Trinajstić information content (AvgIpc) is 2.72. The zero-order valence-electron chi connectivity index (χ0n) is 7.34. The number of rotatable bonds is 3. The van der Waals surface area contributed by atoms with Crippen molar-refractivity contribution in [1.29, 1.82) is 0 Å². The lowest BCUT2D eigenvalue weighted by Gasteiger charge is -1.99. The van der Waals surface area contributed by atoms with Gasteiger partial charge in [0.05, 0.1) is 6.61 Å². The molecule has 1 aromatic carbocycles. The summed E-state index contributed by atoms with van der Waals surface area (Å²) in [5.41, 5.74) is 1.90. The van der Waals surface area contributed by atoms with Gasteiger partial charge in [0.15, 0.2) is 0 Å². The van der Waals surface area contributed by atoms with Crippen LogP contribution < -0.4 is 5.90 Å². The number of hydrogen-bond donors (Lipinski definition) is 2. The summed E-state index contributed by atoms with van der Waals surface area (Å²) < 4.78 is 0. The lowest BCUT2D eigenvalue weighted by atomic mass is 10.1. The van der Waals surface area contributed by atoms with E-state index >= 15 is 0 Å². The van der Waals surface area contributed by atoms with Gasteiger partial charge in [0.1, 0.15) is 0 Å². The van der Waals surface area contributed by atoms with Crippen LogP contribution in [0, 0.1) is 0 Å². The van der Waals surface area contributed by atoms with Gasteiger partial charge in [0.2, 0.25) is 5.82 Å². The first-order valence-electron chi connectivity index (χ1n) is 4.04. The minimum absolute atomic E-state index is 0.395. The number of nitrogens with one attached hydrogen (secondary N) is 1. The zero-order valence-corrected chi connectivity index (χ0v) is 7.34. The van der Waals surface area contributed by atoms with Crippen LogP contribution >= 0.6 is 0 Å². The molecule has 6 heteroatoms. The molecule has 0 saturated carbocycles. The van der Waals surface area contributed by atoms with Crippen molar-refractivity contribution >= 4 is 0 Å². The Bertz CT molecular complexity index is 383. The molecular weight excluding hydrogens is 182 g/mol. The highest BCUT2D eigenvalue weighted by Gasteiger charge is 2.01. The summed E-state index contributed by atoms with van der Waals surface area (Å²) in [6.45, 7) is 0.395. The van der Waals surface area contributed by atoms with Gasteiger partial charge in [-0.1, -0.05) is 24.3 Å². The largest absolute Gasteiger partial charge is 0.300 e. The molecule has 0 aliphatic heterocycles. The maximum atomic E-state index is 4.95. The van der Waals surface area contributed by atoms with Gasteiger partial charge in [-0.05, 0) is 10.8 Å². The second-order valence-corrected chi connectivity index (χ2v) is 2.74. The Morgan fingerprint density at radius 2 is 2.07 bits per heavy atom. The Morgan fingerprint density at radius 3 is 2.64 bits per heavy atom. The SMILES string of the molecule is NOCc1ccc(-c2nn[nH]n2)cc1. The first-order valence-corrected chi connectivity index (χ1v) is 4.04. The first kappa shape index (κ1) is 8.79. The summed E-state index contributed by atoms with van der Waals surface area (Å²) in [7, 11) is 0. The van der Waals surface area contributed by atoms with Gasteiger partial charge in [0.25, 0.3) is 0 Å². The number of aromatic amines is 1. The van der Waals surface area contributed by atoms with Gasteiger partial charge in [-0.15, -0.1) is 10.2 Å². The molecule has 0 saturated heterocycles. The highest BCUT2D eigenvalue weighted by atomic mass is 16.6. The molecule has 0 atom stereocenters. The van der Waals surface area contributed by atoms with Crippen LogP contribution in [-0.2, 0) is 11.4 Å². The monoisotopic (exact) mass is 191 g/mol. The van der Waals surface area contributed by atoms with Gasteiger partial charge in [0, 0.05) is 5.56 Å². The van der Waals surface area contributed by atoms with E-state index in [1.807, 2.05) is 24.3 Å². The van der Waals surface area contributed by atoms with Crippen LogP contribution in [0.1, 0.15) is 5.56 Å². The minimum atomic E-state index is 0.395. The minimum Gasteiger partial charge on any atom is -0.300 e. The fourth-order valence-electron chi connectivity index (χ4n) is 1.13. The van der Waals surface area contributed by atoms with Crippen molar-refractivity contribution in [2.24, 2.45) is 5.90 Å². The third-order valence-corrected chi connectivity index (χ3v) is 1.81. The molecule has 3 N–H and O–H groups in total. The van der Waals surface area contributed by atoms with E-state index in [9.17, 15) is 0 Å². The van der Waals surface area contributed by atoms with Crippen molar-refractivity contribution in [3.63, 3.8) is 0 Å². The number of H-pyrrole nitrogens is 1. The molecule has 0 spiro atoms. The Labute approximate surface area is 80.0 Å². The molecule has 14 heavy (non-hydrogen) atoms. The molecule has 6 nitrogen and oxygen atoms in total. The Balaban J connectivity index is 2.22. The lowest BCUT2D eigenvalue weighted by molar-refractivity contribution is 0.124. The van der Waals surface area contributed by atoms with Crippen LogP contribution in [0.3, 0.4) is 0 Å². The third-order valence-electron chi connectivity index (χ3n) is 1.81. The molecular formula is C8H9N5O. The number of tetrazole rings is 1. The first-order chi connectivity index (χ1) is 6.90. The summed E-state index contributed by atoms with van der Waals surface area (Å²) in [6.07, 6.45) is 0. The summed E-state index contributed by atoms with van der Waals surface area (Å²) in [6, 6.07) is 7.58. The number of nitrogens with zero attached hydrogens (tertiary/aromatic N) is 3. The van der Waals surface area contributed by atoms with E-state index in [-0.39, 0.29) is 0 Å². The summed E-state index contributed by atoms with van der Waals surface area (Å²) >= 11 is 0. The lowest BCUT2D eigenvalue weighted by Crippen LogP contribution is -1.98. The van der Waals surface area contributed by atoms with E-state index in [1.165, 1.54) is 0 Å². The molecule has 0 aliphatic rings. The highest BCUT2D eigenvalue weighted by Crippen LogP contribution is 2.13. The van der Waals surface area contributed by atoms with Crippen LogP contribution in [0.5, 0.6) is 0 Å². The van der Waals surface area contributed by atoms with E-state index in [1.54, 1.807) is 0 Å². The smallest absolute Gasteiger partial charge is 0.204 e. The molecule has 2 rings (SSSR count). The van der Waals surface area contributed by atoms with Crippen molar-refractivity contribution in [3.05, 3.63) is 29.8 Å². The van der Waals surface area contributed by atoms with E-state index in [0.29, 0.717) is 12.4 Å². The van der Waals surface area contributed by atoms with Crippen molar-refractivity contribution in [3.8, 4) is 11.4 Å². The van der Waals surface area contributed by atoms with Crippen molar-refractivity contribution in [2.45, 2.75) is 6.61 Å². The quantitative estimate of drug-likeness (QED) is 0.679. The molecule has 1 aromatic heterocycles. The normalized spacial score (nSPS) is 10.4. The predicted molar refractivity (Wildman–Crippen MR) is 48.6 cm³/mol. The number of benzene rings is 1. The van der Waals surface area contributed by atoms with Crippen LogP contribution in [0.15, 0.2) is 24.3 Å². The molecule has 0 aliphatic carbocycles. The fourth-order valence-corrected chi connectivity index (χ4v) is 1.13. The maximum Gasteiger partial charge on any atom is 0.204 e. The third kappa shape index (κ3) is 1.76. The molecule has 0 unspecified atom stereocenters. The highest BCUT2D eigenvalue weighted by molar-refractivity contribution is 5.53. The maximum absolute atomic E-state index is 4.95. The molecule has 0 bridgehead atoms. The predicted octanol–water partition coefficient (Wildman–Crippen LogP) is 0.257. The molecule has 0 amide bonds. The number of nitrogens with two attached hydrogens (primary N) is 1. The number of hydrogen-bond acceptors (Lipinski definition) is 5. The Hall–Kier alpha value is -1.79. The van der Waals surface area contributed by atoms with E-state index in [4.69, 9.17) is 5.90 Å². The number of aromatic nitrogens is 4. The fraction of sp³-hybridized carbons (Fsp3) is 0.125. The van der Waals surface area contributed by atoms with Crippen LogP contribution in [0.2, 0.25) is 0 Å². The van der Waals surface area contributed by atoms with Gasteiger partial charge in [-0.2, -0.15) is 5.21 Å². The topological polar surface area (TPSA) is 89.7 Å².